The monoisotopic (exact) mass is 313 g/mol. The first-order chi connectivity index (χ1) is 9.28. The molecule has 1 aromatic rings. The minimum Gasteiger partial charge on any atom is -0.456 e. The van der Waals surface area contributed by atoms with Gasteiger partial charge in [-0.2, -0.15) is 0 Å². The van der Waals surface area contributed by atoms with E-state index in [2.05, 4.69) is 41.5 Å². The van der Waals surface area contributed by atoms with E-state index < -0.39 is 23.4 Å². The van der Waals surface area contributed by atoms with Crippen molar-refractivity contribution >= 4 is 23.3 Å². The van der Waals surface area contributed by atoms with Crippen molar-refractivity contribution in [3.63, 3.8) is 0 Å². The van der Waals surface area contributed by atoms with Crippen molar-refractivity contribution in [1.29, 1.82) is 0 Å². The van der Waals surface area contributed by atoms with Crippen LogP contribution in [0.4, 0.5) is 0 Å². The lowest BCUT2D eigenvalue weighted by atomic mass is 10.1. The zero-order chi connectivity index (χ0) is 15.2. The van der Waals surface area contributed by atoms with Gasteiger partial charge in [0, 0.05) is 24.9 Å². The van der Waals surface area contributed by atoms with Crippen LogP contribution in [0.25, 0.3) is 0 Å². The maximum atomic E-state index is 11.8. The lowest BCUT2D eigenvalue weighted by Crippen LogP contribution is -2.43. The summed E-state index contributed by atoms with van der Waals surface area (Å²) in [4.78, 5) is 18.7. The molecule has 6 nitrogen and oxygen atoms in total. The number of hydrogen-bond donors (Lipinski definition) is 3. The number of rotatable bonds is 8. The van der Waals surface area contributed by atoms with Crippen molar-refractivity contribution in [2.45, 2.75) is 44.7 Å². The van der Waals surface area contributed by atoms with Gasteiger partial charge in [-0.25, -0.2) is 4.98 Å². The van der Waals surface area contributed by atoms with Crippen LogP contribution in [-0.4, -0.2) is 45.8 Å². The molecule has 0 saturated heterocycles. The molecular weight excluding hydrogens is 288 g/mol. The number of aromatic nitrogens is 2. The van der Waals surface area contributed by atoms with Crippen molar-refractivity contribution in [1.82, 2.24) is 15.3 Å². The van der Waals surface area contributed by atoms with Crippen LogP contribution >= 0.6 is 0 Å². The summed E-state index contributed by atoms with van der Waals surface area (Å²) in [7, 11) is -2.29. The first-order valence-electron chi connectivity index (χ1n) is 6.80. The summed E-state index contributed by atoms with van der Waals surface area (Å²) in [6, 6.07) is 0.359. The number of amides is 1. The average Bonchev–Trinajstić information content (AvgIpc) is 2.79. The van der Waals surface area contributed by atoms with E-state index in [-0.39, 0.29) is 5.91 Å². The van der Waals surface area contributed by atoms with E-state index in [4.69, 9.17) is 9.85 Å². The summed E-state index contributed by atoms with van der Waals surface area (Å²) in [6.45, 7) is 9.31. The van der Waals surface area contributed by atoms with Gasteiger partial charge >= 0.3 is 0 Å². The van der Waals surface area contributed by atoms with Gasteiger partial charge in [0.05, 0.1) is 12.4 Å². The molecule has 113 valence electrons. The van der Waals surface area contributed by atoms with Gasteiger partial charge in [-0.15, -0.1) is 0 Å². The van der Waals surface area contributed by atoms with Gasteiger partial charge in [0.15, 0.2) is 17.4 Å². The molecule has 0 aliphatic rings. The molecule has 0 saturated carbocycles. The Labute approximate surface area is 123 Å². The highest BCUT2D eigenvalue weighted by molar-refractivity contribution is 6.77. The molecule has 1 radical (unpaired) electrons. The third kappa shape index (κ3) is 6.99. The number of carbonyl (C=O) groups is 1. The highest BCUT2D eigenvalue weighted by Gasteiger charge is 2.20. The van der Waals surface area contributed by atoms with Crippen LogP contribution in [0.2, 0.25) is 32.2 Å². The fraction of sp³-hybridized carbons (Fsp3) is 0.667. The Hall–Kier alpha value is -0.966. The molecule has 0 aromatic carbocycles. The third-order valence-electron chi connectivity index (χ3n) is 2.59. The largest absolute Gasteiger partial charge is 0.456 e. The molecule has 0 unspecified atom stereocenters. The Balaban J connectivity index is 2.22. The number of carbonyl (C=O) groups excluding carboxylic acids is 1. The lowest BCUT2D eigenvalue weighted by molar-refractivity contribution is -0.122. The summed E-state index contributed by atoms with van der Waals surface area (Å²) < 4.78 is 6.01. The van der Waals surface area contributed by atoms with Gasteiger partial charge < -0.3 is 20.1 Å². The normalized spacial score (nSPS) is 13.5. The van der Waals surface area contributed by atoms with Crippen LogP contribution in [0.15, 0.2) is 12.5 Å². The van der Waals surface area contributed by atoms with E-state index >= 15 is 0 Å². The van der Waals surface area contributed by atoms with Crippen molar-refractivity contribution in [3.05, 3.63) is 18.2 Å². The maximum absolute atomic E-state index is 11.8. The summed E-state index contributed by atoms with van der Waals surface area (Å²) in [5.74, 6) is -0.123. The molecule has 1 amide bonds. The first-order valence-corrected chi connectivity index (χ1v) is 12.3. The predicted octanol–water partition coefficient (Wildman–Crippen LogP) is 0.868. The molecule has 1 rings (SSSR count). The standard InChI is InChI=1S/C12H25N4O2Si2/c1-19(18-20(2,3)4)6-5-15-12(17)11(13)7-10-8-14-9-16-10/h8-9,11H,5-7,13H2,1-4H3,(H,14,16)(H,15,17)/t11-/m0/s1. The Morgan fingerprint density at radius 3 is 2.85 bits per heavy atom. The molecule has 0 fully saturated rings. The molecule has 4 N–H and O–H groups in total. The fourth-order valence-electron chi connectivity index (χ4n) is 1.79. The van der Waals surface area contributed by atoms with E-state index in [0.29, 0.717) is 13.0 Å². The molecule has 0 spiro atoms. The van der Waals surface area contributed by atoms with Crippen molar-refractivity contribution in [2.75, 3.05) is 6.54 Å². The van der Waals surface area contributed by atoms with Gasteiger partial charge in [0.25, 0.3) is 0 Å². The smallest absolute Gasteiger partial charge is 0.237 e. The SMILES string of the molecule is C[Si](CCNC(=O)[C@@H](N)Cc1cnc[nH]1)O[Si](C)(C)C. The number of H-pyrrole nitrogens is 1. The minimum absolute atomic E-state index is 0.123. The minimum atomic E-state index is -1.47. The highest BCUT2D eigenvalue weighted by atomic mass is 28.4. The van der Waals surface area contributed by atoms with E-state index in [1.807, 2.05) is 0 Å². The van der Waals surface area contributed by atoms with Crippen LogP contribution in [-0.2, 0) is 15.3 Å². The fourth-order valence-corrected chi connectivity index (χ4v) is 6.86. The molecule has 0 aliphatic carbocycles. The summed E-state index contributed by atoms with van der Waals surface area (Å²) in [5.41, 5.74) is 6.72. The third-order valence-corrected chi connectivity index (χ3v) is 7.39. The van der Waals surface area contributed by atoms with Crippen LogP contribution in [0.1, 0.15) is 5.69 Å². The summed E-state index contributed by atoms with van der Waals surface area (Å²) in [6.07, 6.45) is 3.74. The van der Waals surface area contributed by atoms with Crippen LogP contribution in [0, 0.1) is 0 Å². The summed E-state index contributed by atoms with van der Waals surface area (Å²) in [5, 5.41) is 2.87. The number of aromatic amines is 1. The van der Waals surface area contributed by atoms with E-state index in [1.165, 1.54) is 0 Å². The number of imidazole rings is 1. The molecule has 20 heavy (non-hydrogen) atoms. The predicted molar refractivity (Wildman–Crippen MR) is 84.1 cm³/mol. The Morgan fingerprint density at radius 1 is 1.60 bits per heavy atom. The Bertz CT molecular complexity index is 406. The van der Waals surface area contributed by atoms with Gasteiger partial charge in [-0.05, 0) is 32.2 Å². The topological polar surface area (TPSA) is 93.0 Å². The summed E-state index contributed by atoms with van der Waals surface area (Å²) >= 11 is 0. The van der Waals surface area contributed by atoms with Gasteiger partial charge in [-0.3, -0.25) is 4.79 Å². The van der Waals surface area contributed by atoms with Crippen LogP contribution in [0.5, 0.6) is 0 Å². The first kappa shape index (κ1) is 17.1. The quantitative estimate of drug-likeness (QED) is 0.621. The van der Waals surface area contributed by atoms with Gasteiger partial charge in [0.2, 0.25) is 5.91 Å². The zero-order valence-electron chi connectivity index (χ0n) is 12.7. The maximum Gasteiger partial charge on any atom is 0.237 e. The molecule has 0 bridgehead atoms. The van der Waals surface area contributed by atoms with E-state index in [0.717, 1.165) is 11.7 Å². The van der Waals surface area contributed by atoms with Crippen LogP contribution in [0.3, 0.4) is 0 Å². The number of hydrogen-bond acceptors (Lipinski definition) is 4. The second kappa shape index (κ2) is 7.72. The molecule has 1 atom stereocenters. The number of nitrogens with one attached hydrogen (secondary N) is 2. The van der Waals surface area contributed by atoms with E-state index in [1.54, 1.807) is 12.5 Å². The lowest BCUT2D eigenvalue weighted by Gasteiger charge is -2.22. The number of nitrogens with zero attached hydrogens (tertiary/aromatic N) is 1. The molecule has 0 aliphatic heterocycles. The Kier molecular flexibility index (Phi) is 6.60. The molecule has 1 heterocycles. The highest BCUT2D eigenvalue weighted by Crippen LogP contribution is 2.07. The number of nitrogens with two attached hydrogens (primary N) is 1. The molecular formula is C12H25N4O2Si2. The van der Waals surface area contributed by atoms with Gasteiger partial charge in [-0.1, -0.05) is 0 Å². The second-order valence-electron chi connectivity index (χ2n) is 5.84. The second-order valence-corrected chi connectivity index (χ2v) is 12.8. The van der Waals surface area contributed by atoms with Crippen LogP contribution < -0.4 is 11.1 Å². The molecule has 1 aromatic heterocycles. The molecule has 8 heteroatoms. The zero-order valence-corrected chi connectivity index (χ0v) is 14.7. The Morgan fingerprint density at radius 2 is 2.30 bits per heavy atom. The van der Waals surface area contributed by atoms with E-state index in [9.17, 15) is 4.79 Å². The average molecular weight is 314 g/mol. The van der Waals surface area contributed by atoms with Crippen molar-refractivity contribution in [3.8, 4) is 0 Å². The van der Waals surface area contributed by atoms with Crippen molar-refractivity contribution in [2.24, 2.45) is 5.73 Å². The van der Waals surface area contributed by atoms with Crippen molar-refractivity contribution < 1.29 is 8.91 Å². The van der Waals surface area contributed by atoms with Gasteiger partial charge in [0.1, 0.15) is 0 Å².